The molecule has 1 atom stereocenters. The van der Waals surface area contributed by atoms with Crippen LogP contribution in [0.3, 0.4) is 0 Å². The van der Waals surface area contributed by atoms with Crippen LogP contribution in [-0.2, 0) is 20.8 Å². The van der Waals surface area contributed by atoms with Gasteiger partial charge >= 0.3 is 0 Å². The van der Waals surface area contributed by atoms with Crippen LogP contribution in [0.4, 0.5) is 0 Å². The smallest absolute Gasteiger partial charge is 0.248 e. The normalized spacial score (nSPS) is 18.1. The molecule has 0 bridgehead atoms. The molecule has 1 aromatic heterocycles. The van der Waals surface area contributed by atoms with Crippen molar-refractivity contribution in [2.24, 2.45) is 0 Å². The van der Waals surface area contributed by atoms with E-state index in [9.17, 15) is 12.6 Å². The summed E-state index contributed by atoms with van der Waals surface area (Å²) in [6.07, 6.45) is 0. The lowest BCUT2D eigenvalue weighted by Gasteiger charge is -2.33. The summed E-state index contributed by atoms with van der Waals surface area (Å²) in [5.74, 6) is 0.865. The minimum atomic E-state index is -3.59. The van der Waals surface area contributed by atoms with E-state index >= 15 is 0 Å². The Kier molecular flexibility index (Phi) is 5.91. The van der Waals surface area contributed by atoms with Gasteiger partial charge in [0.25, 0.3) is 0 Å². The molecule has 0 radical (unpaired) electrons. The molecule has 3 rings (SSSR count). The lowest BCUT2D eigenvalue weighted by atomic mass is 10.4. The zero-order chi connectivity index (χ0) is 18.7. The quantitative estimate of drug-likeness (QED) is 0.733. The second kappa shape index (κ2) is 7.99. The summed E-state index contributed by atoms with van der Waals surface area (Å²) in [4.78, 5) is 3.16. The van der Waals surface area contributed by atoms with Gasteiger partial charge in [-0.1, -0.05) is 23.4 Å². The number of aryl methyl sites for hydroxylation is 2. The fourth-order valence-corrected chi connectivity index (χ4v) is 5.90. The van der Waals surface area contributed by atoms with Crippen molar-refractivity contribution in [2.45, 2.75) is 23.6 Å². The average Bonchev–Trinajstić information content (AvgIpc) is 3.00. The molecule has 9 heteroatoms. The minimum Gasteiger partial charge on any atom is -0.360 e. The summed E-state index contributed by atoms with van der Waals surface area (Å²) in [5, 5.41) is 3.74. The highest BCUT2D eigenvalue weighted by molar-refractivity contribution is 7.89. The van der Waals surface area contributed by atoms with Crippen LogP contribution in [0, 0.1) is 13.8 Å². The van der Waals surface area contributed by atoms with Gasteiger partial charge in [-0.15, -0.1) is 0 Å². The number of hydrogen-bond acceptors (Lipinski definition) is 6. The molecule has 0 spiro atoms. The van der Waals surface area contributed by atoms with Crippen molar-refractivity contribution in [1.82, 2.24) is 14.4 Å². The van der Waals surface area contributed by atoms with Crippen molar-refractivity contribution in [3.8, 4) is 0 Å². The third-order valence-electron chi connectivity index (χ3n) is 4.50. The highest BCUT2D eigenvalue weighted by Crippen LogP contribution is 2.24. The molecule has 142 valence electrons. The number of nitrogens with zero attached hydrogens (tertiary/aromatic N) is 3. The van der Waals surface area contributed by atoms with Gasteiger partial charge in [0.1, 0.15) is 10.6 Å². The Balaban J connectivity index is 1.55. The van der Waals surface area contributed by atoms with Crippen molar-refractivity contribution in [3.63, 3.8) is 0 Å². The van der Waals surface area contributed by atoms with Crippen LogP contribution in [0.25, 0.3) is 0 Å². The van der Waals surface area contributed by atoms with E-state index in [4.69, 9.17) is 4.52 Å². The van der Waals surface area contributed by atoms with Crippen molar-refractivity contribution in [1.29, 1.82) is 0 Å². The van der Waals surface area contributed by atoms with Crippen LogP contribution in [0.1, 0.15) is 11.5 Å². The predicted octanol–water partition coefficient (Wildman–Crippen LogP) is 1.41. The van der Waals surface area contributed by atoms with Crippen LogP contribution in [-0.4, -0.2) is 65.5 Å². The molecule has 0 saturated carbocycles. The van der Waals surface area contributed by atoms with Crippen LogP contribution >= 0.6 is 0 Å². The zero-order valence-electron chi connectivity index (χ0n) is 14.9. The van der Waals surface area contributed by atoms with Gasteiger partial charge < -0.3 is 4.52 Å². The number of rotatable bonds is 6. The topological polar surface area (TPSA) is 83.7 Å². The molecule has 26 heavy (non-hydrogen) atoms. The fraction of sp³-hybridized carbons (Fsp3) is 0.471. The van der Waals surface area contributed by atoms with Gasteiger partial charge in [-0.2, -0.15) is 4.31 Å². The maximum atomic E-state index is 12.8. The van der Waals surface area contributed by atoms with Gasteiger partial charge in [0.2, 0.25) is 10.0 Å². The van der Waals surface area contributed by atoms with E-state index < -0.39 is 20.8 Å². The van der Waals surface area contributed by atoms with E-state index in [0.717, 1.165) is 4.90 Å². The molecular formula is C17H23N3O4S2. The first kappa shape index (κ1) is 19.2. The van der Waals surface area contributed by atoms with Crippen molar-refractivity contribution in [2.75, 3.05) is 38.5 Å². The number of hydrogen-bond donors (Lipinski definition) is 0. The number of piperazine rings is 1. The Morgan fingerprint density at radius 2 is 1.77 bits per heavy atom. The summed E-state index contributed by atoms with van der Waals surface area (Å²) in [6.45, 7) is 5.99. The third-order valence-corrected chi connectivity index (χ3v) is 7.99. The second-order valence-corrected chi connectivity index (χ2v) is 9.71. The van der Waals surface area contributed by atoms with E-state index in [1.54, 1.807) is 13.8 Å². The zero-order valence-corrected chi connectivity index (χ0v) is 16.6. The van der Waals surface area contributed by atoms with Crippen LogP contribution in [0.2, 0.25) is 0 Å². The Bertz CT molecular complexity index is 853. The molecule has 1 aliphatic heterocycles. The van der Waals surface area contributed by atoms with Gasteiger partial charge in [-0.25, -0.2) is 8.42 Å². The maximum absolute atomic E-state index is 12.8. The van der Waals surface area contributed by atoms with E-state index in [1.165, 1.54) is 4.31 Å². The fourth-order valence-electron chi connectivity index (χ4n) is 3.07. The third kappa shape index (κ3) is 4.06. The molecule has 1 saturated heterocycles. The molecule has 1 unspecified atom stereocenters. The van der Waals surface area contributed by atoms with Crippen molar-refractivity contribution >= 4 is 20.8 Å². The summed E-state index contributed by atoms with van der Waals surface area (Å²) >= 11 is 0. The molecule has 2 aromatic rings. The highest BCUT2D eigenvalue weighted by Gasteiger charge is 2.33. The van der Waals surface area contributed by atoms with Gasteiger partial charge in [0, 0.05) is 43.4 Å². The Hall–Kier alpha value is -1.55. The largest absolute Gasteiger partial charge is 0.360 e. The first-order chi connectivity index (χ1) is 12.4. The Labute approximate surface area is 156 Å². The number of aromatic nitrogens is 1. The van der Waals surface area contributed by atoms with E-state index in [1.807, 2.05) is 30.3 Å². The Morgan fingerprint density at radius 1 is 1.12 bits per heavy atom. The van der Waals surface area contributed by atoms with Crippen molar-refractivity contribution in [3.05, 3.63) is 41.8 Å². The minimum absolute atomic E-state index is 0.177. The van der Waals surface area contributed by atoms with Gasteiger partial charge in [-0.05, 0) is 26.0 Å². The van der Waals surface area contributed by atoms with E-state index in [2.05, 4.69) is 10.1 Å². The lowest BCUT2D eigenvalue weighted by molar-refractivity contribution is 0.197. The molecule has 7 nitrogen and oxygen atoms in total. The van der Waals surface area contributed by atoms with Gasteiger partial charge in [0.15, 0.2) is 5.76 Å². The first-order valence-electron chi connectivity index (χ1n) is 8.48. The lowest BCUT2D eigenvalue weighted by Crippen LogP contribution is -2.49. The molecule has 1 aromatic carbocycles. The molecular weight excluding hydrogens is 374 g/mol. The average molecular weight is 398 g/mol. The molecule has 1 aliphatic rings. The summed E-state index contributed by atoms with van der Waals surface area (Å²) in [7, 11) is -4.62. The molecule has 0 N–H and O–H groups in total. The van der Waals surface area contributed by atoms with Gasteiger partial charge in [-0.3, -0.25) is 9.11 Å². The molecule has 2 heterocycles. The monoisotopic (exact) mass is 397 g/mol. The summed E-state index contributed by atoms with van der Waals surface area (Å²) in [5.41, 5.74) is 0.392. The first-order valence-corrected chi connectivity index (χ1v) is 11.2. The highest BCUT2D eigenvalue weighted by atomic mass is 32.2. The molecule has 1 fully saturated rings. The Morgan fingerprint density at radius 3 is 2.35 bits per heavy atom. The maximum Gasteiger partial charge on any atom is 0.248 e. The molecule has 0 amide bonds. The van der Waals surface area contributed by atoms with E-state index in [-0.39, 0.29) is 4.90 Å². The second-order valence-electron chi connectivity index (χ2n) is 6.26. The standard InChI is InChI=1S/C17H23N3O4S2/c1-14-17(15(2)24-18-14)26(22,23)20-10-8-19(9-11-20)12-13-25(21)16-6-4-3-5-7-16/h3-7H,8-13H2,1-2H3. The van der Waals surface area contributed by atoms with Crippen LogP contribution < -0.4 is 0 Å². The van der Waals surface area contributed by atoms with Crippen molar-refractivity contribution < 1.29 is 17.1 Å². The van der Waals surface area contributed by atoms with Crippen LogP contribution in [0.5, 0.6) is 0 Å². The van der Waals surface area contributed by atoms with Gasteiger partial charge in [0.05, 0.1) is 10.8 Å². The van der Waals surface area contributed by atoms with E-state index in [0.29, 0.717) is 49.9 Å². The summed E-state index contributed by atoms with van der Waals surface area (Å²) in [6, 6.07) is 9.39. The predicted molar refractivity (Wildman–Crippen MR) is 98.9 cm³/mol. The SMILES string of the molecule is Cc1noc(C)c1S(=O)(=O)N1CCN(CCS(=O)c2ccccc2)CC1. The number of benzene rings is 1. The molecule has 0 aliphatic carbocycles. The number of sulfonamides is 1. The van der Waals surface area contributed by atoms with Crippen LogP contribution in [0.15, 0.2) is 44.6 Å². The summed E-state index contributed by atoms with van der Waals surface area (Å²) < 4.78 is 44.4.